The fourth-order valence-corrected chi connectivity index (χ4v) is 0.948. The minimum Gasteiger partial charge on any atom is -0.261 e. The van der Waals surface area contributed by atoms with Gasteiger partial charge in [-0.15, -0.1) is 0 Å². The van der Waals surface area contributed by atoms with Gasteiger partial charge in [0.05, 0.1) is 0 Å². The van der Waals surface area contributed by atoms with E-state index >= 15 is 0 Å². The van der Waals surface area contributed by atoms with Gasteiger partial charge in [0.1, 0.15) is 0 Å². The molecule has 0 aliphatic carbocycles. The Morgan fingerprint density at radius 2 is 1.41 bits per heavy atom. The summed E-state index contributed by atoms with van der Waals surface area (Å²) in [5.74, 6) is 0. The normalized spacial score (nSPS) is 8.06. The van der Waals surface area contributed by atoms with E-state index in [0.29, 0.717) is 0 Å². The van der Waals surface area contributed by atoms with Crippen LogP contribution in [0.4, 0.5) is 0 Å². The topological polar surface area (TPSA) is 12.9 Å². The molecule has 0 N–H and O–H groups in total. The molecule has 0 fully saturated rings. The summed E-state index contributed by atoms with van der Waals surface area (Å²) in [6.45, 7) is 18.1. The van der Waals surface area contributed by atoms with Crippen molar-refractivity contribution in [1.82, 2.24) is 4.98 Å². The molecule has 0 saturated heterocycles. The van der Waals surface area contributed by atoms with Crippen LogP contribution in [0.25, 0.3) is 6.08 Å². The summed E-state index contributed by atoms with van der Waals surface area (Å²) in [7, 11) is 0. The maximum Gasteiger partial charge on any atom is 0.0402 e. The lowest BCUT2D eigenvalue weighted by molar-refractivity contribution is 1.14. The Morgan fingerprint density at radius 1 is 0.941 bits per heavy atom. The lowest BCUT2D eigenvalue weighted by Crippen LogP contribution is -1.86. The van der Waals surface area contributed by atoms with Crippen molar-refractivity contribution < 1.29 is 0 Å². The molecule has 0 aliphatic rings. The monoisotopic (exact) mass is 237 g/mol. The zero-order chi connectivity index (χ0) is 14.3. The molecule has 0 saturated carbocycles. The van der Waals surface area contributed by atoms with E-state index in [0.717, 1.165) is 5.69 Å². The quantitative estimate of drug-likeness (QED) is 0.600. The van der Waals surface area contributed by atoms with Crippen LogP contribution in [0, 0.1) is 13.8 Å². The predicted octanol–water partition coefficient (Wildman–Crippen LogP) is 5.81. The summed E-state index contributed by atoms with van der Waals surface area (Å²) in [6, 6.07) is 2.14. The first-order chi connectivity index (χ1) is 8.24. The molecule has 0 atom stereocenters. The highest BCUT2D eigenvalue weighted by Gasteiger charge is 1.92. The van der Waals surface area contributed by atoms with Crippen molar-refractivity contribution >= 4 is 6.08 Å². The number of allylic oxidation sites excluding steroid dienone is 1. The largest absolute Gasteiger partial charge is 0.261 e. The maximum absolute atomic E-state index is 4.25. The molecule has 0 radical (unpaired) electrons. The first-order valence-electron chi connectivity index (χ1n) is 6.80. The number of hydrogen-bond donors (Lipinski definition) is 0. The van der Waals surface area contributed by atoms with Crippen LogP contribution >= 0.6 is 0 Å². The molecule has 0 bridgehead atoms. The van der Waals surface area contributed by atoms with E-state index in [4.69, 9.17) is 0 Å². The van der Waals surface area contributed by atoms with Crippen molar-refractivity contribution in [3.8, 4) is 0 Å². The van der Waals surface area contributed by atoms with Crippen molar-refractivity contribution in [3.63, 3.8) is 0 Å². The molecule has 1 aromatic heterocycles. The number of aromatic nitrogens is 1. The first kappa shape index (κ1) is 21.2. The van der Waals surface area contributed by atoms with Crippen molar-refractivity contribution in [3.05, 3.63) is 35.2 Å². The molecule has 17 heavy (non-hydrogen) atoms. The summed E-state index contributed by atoms with van der Waals surface area (Å²) in [6.07, 6.45) is 5.97. The van der Waals surface area contributed by atoms with Crippen LogP contribution in [0.3, 0.4) is 0 Å². The molecule has 1 nitrogen and oxygen atoms in total. The van der Waals surface area contributed by atoms with E-state index in [2.05, 4.69) is 24.1 Å². The number of pyridine rings is 1. The number of rotatable bonds is 1. The van der Waals surface area contributed by atoms with Crippen molar-refractivity contribution in [2.45, 2.75) is 62.3 Å². The van der Waals surface area contributed by atoms with Gasteiger partial charge in [0, 0.05) is 11.9 Å². The lowest BCUT2D eigenvalue weighted by atomic mass is 10.1. The minimum absolute atomic E-state index is 1.11. The Hall–Kier alpha value is -1.11. The second-order valence-corrected chi connectivity index (χ2v) is 2.67. The van der Waals surface area contributed by atoms with Crippen LogP contribution in [0.5, 0.6) is 0 Å². The van der Waals surface area contributed by atoms with Gasteiger partial charge in [-0.1, -0.05) is 53.7 Å². The second kappa shape index (κ2) is 17.3. The third kappa shape index (κ3) is 11.2. The SMILES string of the molecule is C/C=C/c1cnc(C)c(C)c1.CC.CC.CC. The number of nitrogens with zero attached hydrogens (tertiary/aromatic N) is 1. The fourth-order valence-electron chi connectivity index (χ4n) is 0.948. The Balaban J connectivity index is -0.000000285. The van der Waals surface area contributed by atoms with E-state index in [1.807, 2.05) is 67.7 Å². The van der Waals surface area contributed by atoms with Crippen LogP contribution in [-0.2, 0) is 0 Å². The van der Waals surface area contributed by atoms with E-state index in [9.17, 15) is 0 Å². The van der Waals surface area contributed by atoms with Gasteiger partial charge >= 0.3 is 0 Å². The molecule has 0 aromatic carbocycles. The van der Waals surface area contributed by atoms with Crippen molar-refractivity contribution in [1.29, 1.82) is 0 Å². The zero-order valence-corrected chi connectivity index (χ0v) is 13.3. The predicted molar refractivity (Wildman–Crippen MR) is 82.5 cm³/mol. The van der Waals surface area contributed by atoms with Crippen LogP contribution in [-0.4, -0.2) is 4.98 Å². The molecule has 1 aromatic rings. The van der Waals surface area contributed by atoms with Gasteiger partial charge < -0.3 is 0 Å². The van der Waals surface area contributed by atoms with E-state index in [1.165, 1.54) is 11.1 Å². The Labute approximate surface area is 109 Å². The summed E-state index contributed by atoms with van der Waals surface area (Å²) < 4.78 is 0. The molecule has 1 rings (SSSR count). The van der Waals surface area contributed by atoms with Gasteiger partial charge in [0.15, 0.2) is 0 Å². The summed E-state index contributed by atoms with van der Waals surface area (Å²) >= 11 is 0. The smallest absolute Gasteiger partial charge is 0.0402 e. The van der Waals surface area contributed by atoms with E-state index in [1.54, 1.807) is 0 Å². The van der Waals surface area contributed by atoms with Gasteiger partial charge in [0.2, 0.25) is 0 Å². The number of aryl methyl sites for hydroxylation is 2. The average molecular weight is 237 g/mol. The Kier molecular flexibility index (Phi) is 21.6. The van der Waals surface area contributed by atoms with Gasteiger partial charge in [-0.3, -0.25) is 4.98 Å². The molecular formula is C16H31N. The van der Waals surface area contributed by atoms with Crippen LogP contribution in [0.2, 0.25) is 0 Å². The van der Waals surface area contributed by atoms with Gasteiger partial charge in [-0.05, 0) is 38.0 Å². The molecular weight excluding hydrogens is 206 g/mol. The van der Waals surface area contributed by atoms with Gasteiger partial charge in [-0.2, -0.15) is 0 Å². The molecule has 1 heteroatoms. The van der Waals surface area contributed by atoms with Gasteiger partial charge in [0.25, 0.3) is 0 Å². The second-order valence-electron chi connectivity index (χ2n) is 2.67. The summed E-state index contributed by atoms with van der Waals surface area (Å²) in [5.41, 5.74) is 3.54. The van der Waals surface area contributed by atoms with Crippen molar-refractivity contribution in [2.24, 2.45) is 0 Å². The van der Waals surface area contributed by atoms with Crippen LogP contribution < -0.4 is 0 Å². The standard InChI is InChI=1S/C10H13N.3C2H6/c1-4-5-10-6-8(2)9(3)11-7-10;3*1-2/h4-7H,1-3H3;3*1-2H3/b5-4+;;;. The zero-order valence-electron chi connectivity index (χ0n) is 13.3. The molecule has 1 heterocycles. The van der Waals surface area contributed by atoms with Gasteiger partial charge in [-0.25, -0.2) is 0 Å². The minimum atomic E-state index is 1.11. The maximum atomic E-state index is 4.25. The third-order valence-corrected chi connectivity index (χ3v) is 1.72. The first-order valence-corrected chi connectivity index (χ1v) is 6.80. The average Bonchev–Trinajstić information content (AvgIpc) is 2.41. The highest BCUT2D eigenvalue weighted by molar-refractivity contribution is 5.48. The third-order valence-electron chi connectivity index (χ3n) is 1.72. The fraction of sp³-hybridized carbons (Fsp3) is 0.562. The summed E-state index contributed by atoms with van der Waals surface area (Å²) in [4.78, 5) is 4.25. The van der Waals surface area contributed by atoms with Crippen LogP contribution in [0.15, 0.2) is 18.3 Å². The number of hydrogen-bond acceptors (Lipinski definition) is 1. The Bertz CT molecular complexity index is 275. The highest BCUT2D eigenvalue weighted by Crippen LogP contribution is 2.07. The molecule has 0 aliphatic heterocycles. The van der Waals surface area contributed by atoms with Crippen LogP contribution in [0.1, 0.15) is 65.3 Å². The van der Waals surface area contributed by atoms with Crippen molar-refractivity contribution in [2.75, 3.05) is 0 Å². The van der Waals surface area contributed by atoms with E-state index in [-0.39, 0.29) is 0 Å². The molecule has 0 spiro atoms. The lowest BCUT2D eigenvalue weighted by Gasteiger charge is -1.98. The summed E-state index contributed by atoms with van der Waals surface area (Å²) in [5, 5.41) is 0. The van der Waals surface area contributed by atoms with E-state index < -0.39 is 0 Å². The molecule has 100 valence electrons. The molecule has 0 unspecified atom stereocenters. The highest BCUT2D eigenvalue weighted by atomic mass is 14.7. The molecule has 0 amide bonds. The Morgan fingerprint density at radius 3 is 1.76 bits per heavy atom.